The van der Waals surface area contributed by atoms with E-state index in [4.69, 9.17) is 5.73 Å². The summed E-state index contributed by atoms with van der Waals surface area (Å²) in [6.07, 6.45) is 0.910. The zero-order chi connectivity index (χ0) is 13.8. The van der Waals surface area contributed by atoms with E-state index in [0.29, 0.717) is 25.9 Å². The molecule has 4 heteroatoms. The molecule has 1 aliphatic rings. The fourth-order valence-corrected chi connectivity index (χ4v) is 2.52. The lowest BCUT2D eigenvalue weighted by Crippen LogP contribution is -2.51. The fourth-order valence-electron chi connectivity index (χ4n) is 2.52. The summed E-state index contributed by atoms with van der Waals surface area (Å²) in [4.78, 5) is 14.1. The van der Waals surface area contributed by atoms with Crippen LogP contribution >= 0.6 is 0 Å². The summed E-state index contributed by atoms with van der Waals surface area (Å²) in [6, 6.07) is 9.32. The number of benzene rings is 1. The van der Waals surface area contributed by atoms with Crippen LogP contribution in [0.3, 0.4) is 0 Å². The monoisotopic (exact) mass is 262 g/mol. The zero-order valence-electron chi connectivity index (χ0n) is 11.3. The number of rotatable bonds is 3. The van der Waals surface area contributed by atoms with E-state index >= 15 is 0 Å². The SMILES string of the molecule is CC1CN(C(=O)[C@H](N)Cc2ccccc2)CCC1O. The van der Waals surface area contributed by atoms with Gasteiger partial charge in [-0.05, 0) is 24.3 Å². The molecule has 0 saturated carbocycles. The molecule has 2 rings (SSSR count). The molecule has 1 fully saturated rings. The Labute approximate surface area is 114 Å². The van der Waals surface area contributed by atoms with Gasteiger partial charge in [-0.2, -0.15) is 0 Å². The van der Waals surface area contributed by atoms with Crippen molar-refractivity contribution >= 4 is 5.91 Å². The lowest BCUT2D eigenvalue weighted by molar-refractivity contribution is -0.136. The van der Waals surface area contributed by atoms with Crippen molar-refractivity contribution in [2.45, 2.75) is 31.9 Å². The van der Waals surface area contributed by atoms with Crippen LogP contribution < -0.4 is 5.73 Å². The van der Waals surface area contributed by atoms with Crippen molar-refractivity contribution in [1.29, 1.82) is 0 Å². The standard InChI is InChI=1S/C15H22N2O2/c1-11-10-17(8-7-14(11)18)15(19)13(16)9-12-5-3-2-4-6-12/h2-6,11,13-14,18H,7-10,16H2,1H3/t11?,13-,14?/m1/s1. The van der Waals surface area contributed by atoms with Crippen LogP contribution in [0.2, 0.25) is 0 Å². The Balaban J connectivity index is 1.92. The highest BCUT2D eigenvalue weighted by atomic mass is 16.3. The minimum atomic E-state index is -0.496. The van der Waals surface area contributed by atoms with Gasteiger partial charge in [0.2, 0.25) is 5.91 Å². The first kappa shape index (κ1) is 14.0. The molecule has 1 aromatic carbocycles. The van der Waals surface area contributed by atoms with E-state index in [0.717, 1.165) is 5.56 Å². The average Bonchev–Trinajstić information content (AvgIpc) is 2.42. The summed E-state index contributed by atoms with van der Waals surface area (Å²) < 4.78 is 0. The van der Waals surface area contributed by atoms with Crippen LogP contribution in [0.1, 0.15) is 18.9 Å². The first-order valence-corrected chi connectivity index (χ1v) is 6.84. The van der Waals surface area contributed by atoms with Crippen molar-refractivity contribution < 1.29 is 9.90 Å². The maximum absolute atomic E-state index is 12.3. The quantitative estimate of drug-likeness (QED) is 0.846. The molecule has 19 heavy (non-hydrogen) atoms. The molecule has 2 unspecified atom stereocenters. The van der Waals surface area contributed by atoms with Crippen LogP contribution in [0, 0.1) is 5.92 Å². The largest absolute Gasteiger partial charge is 0.393 e. The summed E-state index contributed by atoms with van der Waals surface area (Å²) in [5.41, 5.74) is 7.08. The highest BCUT2D eigenvalue weighted by molar-refractivity contribution is 5.82. The molecule has 0 aromatic heterocycles. The van der Waals surface area contributed by atoms with Gasteiger partial charge in [-0.15, -0.1) is 0 Å². The van der Waals surface area contributed by atoms with Crippen molar-refractivity contribution in [2.75, 3.05) is 13.1 Å². The van der Waals surface area contributed by atoms with Gasteiger partial charge < -0.3 is 15.7 Å². The van der Waals surface area contributed by atoms with Gasteiger partial charge in [0, 0.05) is 13.1 Å². The van der Waals surface area contributed by atoms with Crippen LogP contribution in [0.5, 0.6) is 0 Å². The topological polar surface area (TPSA) is 66.6 Å². The maximum Gasteiger partial charge on any atom is 0.239 e. The Kier molecular flexibility index (Phi) is 4.56. The average molecular weight is 262 g/mol. The Bertz CT molecular complexity index is 421. The molecular formula is C15H22N2O2. The Morgan fingerprint density at radius 1 is 1.47 bits per heavy atom. The number of carbonyl (C=O) groups is 1. The number of hydrogen-bond acceptors (Lipinski definition) is 3. The Morgan fingerprint density at radius 3 is 2.79 bits per heavy atom. The number of aliphatic hydroxyl groups excluding tert-OH is 1. The van der Waals surface area contributed by atoms with Gasteiger partial charge >= 0.3 is 0 Å². The smallest absolute Gasteiger partial charge is 0.239 e. The van der Waals surface area contributed by atoms with Crippen LogP contribution in [0.25, 0.3) is 0 Å². The maximum atomic E-state index is 12.3. The molecule has 0 aliphatic carbocycles. The van der Waals surface area contributed by atoms with Crippen LogP contribution in [0.4, 0.5) is 0 Å². The lowest BCUT2D eigenvalue weighted by atomic mass is 9.95. The second kappa shape index (κ2) is 6.17. The zero-order valence-corrected chi connectivity index (χ0v) is 11.3. The van der Waals surface area contributed by atoms with Gasteiger partial charge in [-0.1, -0.05) is 37.3 Å². The van der Waals surface area contributed by atoms with Crippen molar-refractivity contribution in [3.8, 4) is 0 Å². The third-order valence-electron chi connectivity index (χ3n) is 3.79. The molecule has 1 saturated heterocycles. The van der Waals surface area contributed by atoms with Crippen molar-refractivity contribution in [3.05, 3.63) is 35.9 Å². The third kappa shape index (κ3) is 3.55. The highest BCUT2D eigenvalue weighted by Crippen LogP contribution is 2.17. The number of amides is 1. The van der Waals surface area contributed by atoms with E-state index in [1.807, 2.05) is 37.3 Å². The van der Waals surface area contributed by atoms with Gasteiger partial charge in [0.1, 0.15) is 0 Å². The molecule has 0 radical (unpaired) electrons. The van der Waals surface area contributed by atoms with Gasteiger partial charge in [-0.25, -0.2) is 0 Å². The van der Waals surface area contributed by atoms with E-state index in [2.05, 4.69) is 0 Å². The summed E-state index contributed by atoms with van der Waals surface area (Å²) in [5.74, 6) is 0.115. The minimum Gasteiger partial charge on any atom is -0.393 e. The predicted molar refractivity (Wildman–Crippen MR) is 74.5 cm³/mol. The number of likely N-dealkylation sites (tertiary alicyclic amines) is 1. The van der Waals surface area contributed by atoms with Crippen LogP contribution in [0.15, 0.2) is 30.3 Å². The molecule has 0 bridgehead atoms. The minimum absolute atomic E-state index is 0.0115. The molecule has 3 atom stereocenters. The second-order valence-electron chi connectivity index (χ2n) is 5.41. The molecule has 1 aliphatic heterocycles. The predicted octanol–water partition coefficient (Wildman–Crippen LogP) is 0.786. The van der Waals surface area contributed by atoms with E-state index in [9.17, 15) is 9.90 Å². The molecule has 1 amide bonds. The molecule has 1 heterocycles. The number of carbonyl (C=O) groups excluding carboxylic acids is 1. The first-order valence-electron chi connectivity index (χ1n) is 6.84. The van der Waals surface area contributed by atoms with E-state index in [-0.39, 0.29) is 17.9 Å². The lowest BCUT2D eigenvalue weighted by Gasteiger charge is -2.35. The Morgan fingerprint density at radius 2 is 2.16 bits per heavy atom. The van der Waals surface area contributed by atoms with Gasteiger partial charge in [0.05, 0.1) is 12.1 Å². The molecule has 0 spiro atoms. The molecule has 1 aromatic rings. The first-order chi connectivity index (χ1) is 9.08. The van der Waals surface area contributed by atoms with Crippen molar-refractivity contribution in [3.63, 3.8) is 0 Å². The van der Waals surface area contributed by atoms with E-state index < -0.39 is 6.04 Å². The molecule has 104 valence electrons. The fraction of sp³-hybridized carbons (Fsp3) is 0.533. The summed E-state index contributed by atoms with van der Waals surface area (Å²) in [6.45, 7) is 3.17. The van der Waals surface area contributed by atoms with Crippen molar-refractivity contribution in [2.24, 2.45) is 11.7 Å². The van der Waals surface area contributed by atoms with Gasteiger partial charge in [0.15, 0.2) is 0 Å². The molecular weight excluding hydrogens is 240 g/mol. The number of nitrogens with zero attached hydrogens (tertiary/aromatic N) is 1. The number of piperidine rings is 1. The number of nitrogens with two attached hydrogens (primary N) is 1. The van der Waals surface area contributed by atoms with Gasteiger partial charge in [0.25, 0.3) is 0 Å². The number of hydrogen-bond donors (Lipinski definition) is 2. The Hall–Kier alpha value is -1.39. The van der Waals surface area contributed by atoms with E-state index in [1.54, 1.807) is 4.90 Å². The number of aliphatic hydroxyl groups is 1. The normalized spacial score (nSPS) is 25.1. The summed E-state index contributed by atoms with van der Waals surface area (Å²) in [7, 11) is 0. The summed E-state index contributed by atoms with van der Waals surface area (Å²) in [5, 5.41) is 9.68. The van der Waals surface area contributed by atoms with Gasteiger partial charge in [-0.3, -0.25) is 4.79 Å². The van der Waals surface area contributed by atoms with Crippen molar-refractivity contribution in [1.82, 2.24) is 4.90 Å². The van der Waals surface area contributed by atoms with Crippen LogP contribution in [-0.4, -0.2) is 41.1 Å². The summed E-state index contributed by atoms with van der Waals surface area (Å²) >= 11 is 0. The highest BCUT2D eigenvalue weighted by Gasteiger charge is 2.29. The second-order valence-corrected chi connectivity index (χ2v) is 5.41. The van der Waals surface area contributed by atoms with Crippen LogP contribution in [-0.2, 0) is 11.2 Å². The third-order valence-corrected chi connectivity index (χ3v) is 3.79. The molecule has 4 nitrogen and oxygen atoms in total. The van der Waals surface area contributed by atoms with E-state index in [1.165, 1.54) is 0 Å². The molecule has 3 N–H and O–H groups in total.